The van der Waals surface area contributed by atoms with Crippen LogP contribution in [-0.2, 0) is 11.3 Å². The summed E-state index contributed by atoms with van der Waals surface area (Å²) in [6, 6.07) is 8.18. The Bertz CT molecular complexity index is 368. The maximum atomic E-state index is 11.7. The van der Waals surface area contributed by atoms with E-state index in [1.165, 1.54) is 6.07 Å². The number of ether oxygens (including phenoxy) is 1. The molecule has 0 heterocycles. The lowest BCUT2D eigenvalue weighted by atomic mass is 10.1. The lowest BCUT2D eigenvalue weighted by molar-refractivity contribution is -0.176. The van der Waals surface area contributed by atoms with E-state index in [0.717, 1.165) is 0 Å². The smallest absolute Gasteiger partial charge is 0.367 e. The molecule has 0 fully saturated rings. The molecule has 5 heteroatoms. The Hall–Kier alpha value is -1.54. The van der Waals surface area contributed by atoms with Crippen molar-refractivity contribution in [3.8, 4) is 6.07 Å². The fourth-order valence-electron chi connectivity index (χ4n) is 1.02. The molecule has 0 radical (unpaired) electrons. The molecule has 0 N–H and O–H groups in total. The van der Waals surface area contributed by atoms with Gasteiger partial charge in [-0.3, -0.25) is 0 Å². The van der Waals surface area contributed by atoms with Crippen LogP contribution in [0.2, 0.25) is 0 Å². The van der Waals surface area contributed by atoms with Gasteiger partial charge in [-0.1, -0.05) is 12.1 Å². The number of rotatable bonds is 3. The van der Waals surface area contributed by atoms with E-state index in [2.05, 4.69) is 4.74 Å². The van der Waals surface area contributed by atoms with Crippen LogP contribution in [-0.4, -0.2) is 12.8 Å². The van der Waals surface area contributed by atoms with Gasteiger partial charge in [0.2, 0.25) is 0 Å². The third-order valence-electron chi connectivity index (χ3n) is 1.59. The van der Waals surface area contributed by atoms with Crippen molar-refractivity contribution in [2.45, 2.75) is 12.8 Å². The Morgan fingerprint density at radius 3 is 2.67 bits per heavy atom. The minimum Gasteiger partial charge on any atom is -0.367 e. The predicted octanol–water partition coefficient (Wildman–Crippen LogP) is 2.64. The van der Waals surface area contributed by atoms with E-state index in [1.807, 2.05) is 6.07 Å². The first-order valence-electron chi connectivity index (χ1n) is 4.15. The maximum Gasteiger partial charge on any atom is 0.411 e. The Morgan fingerprint density at radius 2 is 2.07 bits per heavy atom. The van der Waals surface area contributed by atoms with Crippen LogP contribution in [0.1, 0.15) is 11.1 Å². The number of nitrogens with zero attached hydrogens (tertiary/aromatic N) is 1. The molecule has 0 spiro atoms. The Labute approximate surface area is 84.9 Å². The monoisotopic (exact) mass is 215 g/mol. The van der Waals surface area contributed by atoms with Crippen LogP contribution in [0.5, 0.6) is 0 Å². The molecule has 0 aliphatic heterocycles. The topological polar surface area (TPSA) is 33.0 Å². The van der Waals surface area contributed by atoms with Gasteiger partial charge >= 0.3 is 6.18 Å². The standard InChI is InChI=1S/C10H8F3NO/c11-10(12,13)7-15-6-9-3-1-2-8(4-9)5-14/h1-4H,6-7H2. The molecular weight excluding hydrogens is 207 g/mol. The van der Waals surface area contributed by atoms with Gasteiger partial charge in [-0.25, -0.2) is 0 Å². The van der Waals surface area contributed by atoms with Crippen LogP contribution < -0.4 is 0 Å². The Morgan fingerprint density at radius 1 is 1.33 bits per heavy atom. The van der Waals surface area contributed by atoms with Gasteiger partial charge in [0.25, 0.3) is 0 Å². The lowest BCUT2D eigenvalue weighted by Gasteiger charge is -2.07. The van der Waals surface area contributed by atoms with E-state index in [4.69, 9.17) is 5.26 Å². The third-order valence-corrected chi connectivity index (χ3v) is 1.59. The molecule has 0 saturated heterocycles. The van der Waals surface area contributed by atoms with Crippen molar-refractivity contribution in [2.75, 3.05) is 6.61 Å². The van der Waals surface area contributed by atoms with E-state index < -0.39 is 12.8 Å². The molecule has 1 aromatic rings. The average molecular weight is 215 g/mol. The van der Waals surface area contributed by atoms with E-state index in [9.17, 15) is 13.2 Å². The molecule has 2 nitrogen and oxygen atoms in total. The summed E-state index contributed by atoms with van der Waals surface area (Å²) >= 11 is 0. The minimum atomic E-state index is -4.31. The zero-order valence-electron chi connectivity index (χ0n) is 7.71. The lowest BCUT2D eigenvalue weighted by Crippen LogP contribution is -2.16. The third kappa shape index (κ3) is 4.47. The quantitative estimate of drug-likeness (QED) is 0.776. The average Bonchev–Trinajstić information content (AvgIpc) is 2.16. The second-order valence-corrected chi connectivity index (χ2v) is 2.92. The number of benzene rings is 1. The minimum absolute atomic E-state index is 0.144. The summed E-state index contributed by atoms with van der Waals surface area (Å²) in [6.07, 6.45) is -4.31. The highest BCUT2D eigenvalue weighted by atomic mass is 19.4. The second-order valence-electron chi connectivity index (χ2n) is 2.92. The van der Waals surface area contributed by atoms with Gasteiger partial charge in [0, 0.05) is 0 Å². The molecule has 15 heavy (non-hydrogen) atoms. The maximum absolute atomic E-state index is 11.7. The molecule has 1 rings (SSSR count). The summed E-state index contributed by atoms with van der Waals surface area (Å²) in [7, 11) is 0. The Kier molecular flexibility index (Phi) is 3.69. The summed E-state index contributed by atoms with van der Waals surface area (Å²) in [5.41, 5.74) is 0.960. The summed E-state index contributed by atoms with van der Waals surface area (Å²) < 4.78 is 39.6. The molecule has 1 aromatic carbocycles. The van der Waals surface area contributed by atoms with Gasteiger partial charge in [0.1, 0.15) is 6.61 Å². The first-order valence-corrected chi connectivity index (χ1v) is 4.15. The first-order chi connectivity index (χ1) is 7.01. The number of hydrogen-bond donors (Lipinski definition) is 0. The van der Waals surface area contributed by atoms with Crippen LogP contribution in [0.15, 0.2) is 24.3 Å². The SMILES string of the molecule is N#Cc1cccc(COCC(F)(F)F)c1. The van der Waals surface area contributed by atoms with Gasteiger partial charge < -0.3 is 4.74 Å². The number of alkyl halides is 3. The summed E-state index contributed by atoms with van der Waals surface area (Å²) in [6.45, 7) is -1.42. The van der Waals surface area contributed by atoms with Crippen LogP contribution in [0.25, 0.3) is 0 Å². The molecule has 0 aliphatic carbocycles. The molecule has 0 bridgehead atoms. The van der Waals surface area contributed by atoms with Crippen LogP contribution in [0, 0.1) is 11.3 Å². The zero-order valence-corrected chi connectivity index (χ0v) is 7.71. The van der Waals surface area contributed by atoms with Crippen molar-refractivity contribution in [2.24, 2.45) is 0 Å². The zero-order chi connectivity index (χ0) is 11.3. The number of halogens is 3. The van der Waals surface area contributed by atoms with Gasteiger partial charge in [-0.05, 0) is 17.7 Å². The van der Waals surface area contributed by atoms with Crippen molar-refractivity contribution in [1.82, 2.24) is 0 Å². The normalized spacial score (nSPS) is 11.1. The largest absolute Gasteiger partial charge is 0.411 e. The molecule has 0 unspecified atom stereocenters. The number of nitriles is 1. The van der Waals surface area contributed by atoms with E-state index in [-0.39, 0.29) is 6.61 Å². The van der Waals surface area contributed by atoms with E-state index >= 15 is 0 Å². The molecule has 0 atom stereocenters. The van der Waals surface area contributed by atoms with Crippen molar-refractivity contribution in [3.63, 3.8) is 0 Å². The van der Waals surface area contributed by atoms with Crippen LogP contribution in [0.3, 0.4) is 0 Å². The van der Waals surface area contributed by atoms with Gasteiger partial charge in [0.05, 0.1) is 18.2 Å². The predicted molar refractivity (Wildman–Crippen MR) is 46.9 cm³/mol. The highest BCUT2D eigenvalue weighted by Gasteiger charge is 2.27. The number of hydrogen-bond acceptors (Lipinski definition) is 2. The van der Waals surface area contributed by atoms with Crippen molar-refractivity contribution >= 4 is 0 Å². The Balaban J connectivity index is 2.48. The molecular formula is C10H8F3NO. The van der Waals surface area contributed by atoms with Gasteiger partial charge in [-0.15, -0.1) is 0 Å². The van der Waals surface area contributed by atoms with Crippen molar-refractivity contribution in [1.29, 1.82) is 5.26 Å². The first kappa shape index (κ1) is 11.5. The molecule has 0 saturated carbocycles. The van der Waals surface area contributed by atoms with Gasteiger partial charge in [0.15, 0.2) is 0 Å². The van der Waals surface area contributed by atoms with Crippen molar-refractivity contribution in [3.05, 3.63) is 35.4 Å². The highest BCUT2D eigenvalue weighted by Crippen LogP contribution is 2.15. The molecule has 0 aromatic heterocycles. The summed E-state index contributed by atoms with van der Waals surface area (Å²) in [5, 5.41) is 8.55. The van der Waals surface area contributed by atoms with Crippen molar-refractivity contribution < 1.29 is 17.9 Å². The van der Waals surface area contributed by atoms with E-state index in [0.29, 0.717) is 11.1 Å². The fraction of sp³-hybridized carbons (Fsp3) is 0.300. The van der Waals surface area contributed by atoms with E-state index in [1.54, 1.807) is 18.2 Å². The fourth-order valence-corrected chi connectivity index (χ4v) is 1.02. The molecule has 80 valence electrons. The summed E-state index contributed by atoms with van der Waals surface area (Å²) in [4.78, 5) is 0. The summed E-state index contributed by atoms with van der Waals surface area (Å²) in [5.74, 6) is 0. The van der Waals surface area contributed by atoms with Crippen LogP contribution in [0.4, 0.5) is 13.2 Å². The highest BCUT2D eigenvalue weighted by molar-refractivity contribution is 5.32. The second kappa shape index (κ2) is 4.80. The molecule has 0 amide bonds. The molecule has 0 aliphatic rings. The van der Waals surface area contributed by atoms with Crippen LogP contribution >= 0.6 is 0 Å². The van der Waals surface area contributed by atoms with Gasteiger partial charge in [-0.2, -0.15) is 18.4 Å².